The van der Waals surface area contributed by atoms with E-state index in [-0.39, 0.29) is 10.7 Å². The first-order chi connectivity index (χ1) is 13.1. The van der Waals surface area contributed by atoms with E-state index in [1.165, 1.54) is 18.3 Å². The van der Waals surface area contributed by atoms with Crippen LogP contribution in [0.1, 0.15) is 5.56 Å². The number of nitro benzene ring substituents is 1. The number of hydrogen-bond acceptors (Lipinski definition) is 5. The molecule has 27 heavy (non-hydrogen) atoms. The molecule has 0 unspecified atom stereocenters. The monoisotopic (exact) mass is 376 g/mol. The predicted molar refractivity (Wildman–Crippen MR) is 109 cm³/mol. The summed E-state index contributed by atoms with van der Waals surface area (Å²) in [5.41, 5.74) is 4.21. The van der Waals surface area contributed by atoms with Crippen molar-refractivity contribution in [2.24, 2.45) is 5.10 Å². The van der Waals surface area contributed by atoms with Gasteiger partial charge in [-0.2, -0.15) is 5.10 Å². The first kappa shape index (κ1) is 16.9. The number of nitrogens with one attached hydrogen (secondary N) is 1. The Labute approximate surface area is 159 Å². The third-order valence-electron chi connectivity index (χ3n) is 4.16. The van der Waals surface area contributed by atoms with Crippen LogP contribution in [0.2, 0.25) is 5.02 Å². The van der Waals surface area contributed by atoms with Crippen LogP contribution in [0.4, 0.5) is 11.5 Å². The number of anilines is 1. The number of fused-ring (bicyclic) bond motifs is 3. The number of nitro groups is 1. The molecule has 6 nitrogen and oxygen atoms in total. The summed E-state index contributed by atoms with van der Waals surface area (Å²) < 4.78 is 0. The molecule has 0 aliphatic heterocycles. The number of rotatable bonds is 4. The Balaban J connectivity index is 1.70. The quantitative estimate of drug-likeness (QED) is 0.224. The molecule has 0 fully saturated rings. The zero-order chi connectivity index (χ0) is 18.8. The van der Waals surface area contributed by atoms with E-state index in [2.05, 4.69) is 15.5 Å². The number of aromatic nitrogens is 1. The fourth-order valence-corrected chi connectivity index (χ4v) is 3.09. The standard InChI is InChI=1S/C20H13ClN4O2/c21-17-10-9-13(11-19(17)25(26)27)12-22-24-20-16-7-2-1-5-14(16)15-6-3-4-8-18(15)23-20/h1-12H,(H,23,24)/b22-12-. The van der Waals surface area contributed by atoms with Crippen molar-refractivity contribution in [3.63, 3.8) is 0 Å². The van der Waals surface area contributed by atoms with E-state index in [1.54, 1.807) is 6.07 Å². The van der Waals surface area contributed by atoms with Gasteiger partial charge in [0, 0.05) is 22.4 Å². The van der Waals surface area contributed by atoms with Gasteiger partial charge in [0.05, 0.1) is 16.7 Å². The second kappa shape index (κ2) is 7.01. The topological polar surface area (TPSA) is 80.4 Å². The molecular formula is C20H13ClN4O2. The van der Waals surface area contributed by atoms with E-state index in [1.807, 2.05) is 48.5 Å². The molecule has 1 aromatic heterocycles. The molecule has 4 aromatic rings. The highest BCUT2D eigenvalue weighted by molar-refractivity contribution is 6.32. The normalized spacial score (nSPS) is 11.3. The predicted octanol–water partition coefficient (Wildman–Crippen LogP) is 5.40. The van der Waals surface area contributed by atoms with E-state index in [0.717, 1.165) is 21.7 Å². The molecule has 3 aromatic carbocycles. The van der Waals surface area contributed by atoms with Gasteiger partial charge in [0.25, 0.3) is 5.69 Å². The summed E-state index contributed by atoms with van der Waals surface area (Å²) in [7, 11) is 0. The Bertz CT molecular complexity index is 1210. The van der Waals surface area contributed by atoms with E-state index >= 15 is 0 Å². The third kappa shape index (κ3) is 3.30. The Kier molecular flexibility index (Phi) is 4.40. The van der Waals surface area contributed by atoms with Gasteiger partial charge in [0.15, 0.2) is 5.82 Å². The number of benzene rings is 3. The van der Waals surface area contributed by atoms with Crippen LogP contribution in [0.3, 0.4) is 0 Å². The molecule has 0 spiro atoms. The molecule has 1 N–H and O–H groups in total. The summed E-state index contributed by atoms with van der Waals surface area (Å²) in [6.45, 7) is 0. The van der Waals surface area contributed by atoms with E-state index in [0.29, 0.717) is 11.4 Å². The fraction of sp³-hybridized carbons (Fsp3) is 0. The second-order valence-corrected chi connectivity index (χ2v) is 6.27. The van der Waals surface area contributed by atoms with Crippen molar-refractivity contribution < 1.29 is 4.92 Å². The van der Waals surface area contributed by atoms with Crippen molar-refractivity contribution in [3.8, 4) is 0 Å². The molecule has 0 aliphatic rings. The highest BCUT2D eigenvalue weighted by Crippen LogP contribution is 2.29. The van der Waals surface area contributed by atoms with E-state index in [4.69, 9.17) is 11.6 Å². The van der Waals surface area contributed by atoms with Gasteiger partial charge >= 0.3 is 0 Å². The highest BCUT2D eigenvalue weighted by Gasteiger charge is 2.12. The van der Waals surface area contributed by atoms with E-state index < -0.39 is 4.92 Å². The summed E-state index contributed by atoms with van der Waals surface area (Å²) >= 11 is 5.83. The lowest BCUT2D eigenvalue weighted by Gasteiger charge is -2.08. The summed E-state index contributed by atoms with van der Waals surface area (Å²) in [4.78, 5) is 15.1. The fourth-order valence-electron chi connectivity index (χ4n) is 2.91. The summed E-state index contributed by atoms with van der Waals surface area (Å²) in [6.07, 6.45) is 1.50. The lowest BCUT2D eigenvalue weighted by Crippen LogP contribution is -1.97. The van der Waals surface area contributed by atoms with Crippen LogP contribution in [-0.4, -0.2) is 16.1 Å². The molecule has 0 saturated heterocycles. The van der Waals surface area contributed by atoms with Crippen LogP contribution in [-0.2, 0) is 0 Å². The minimum Gasteiger partial charge on any atom is -0.261 e. The highest BCUT2D eigenvalue weighted by atomic mass is 35.5. The SMILES string of the molecule is O=[N+]([O-])c1cc(/C=N\Nc2nc3ccccc3c3ccccc23)ccc1Cl. The molecular weight excluding hydrogens is 364 g/mol. The Morgan fingerprint density at radius 1 is 1.00 bits per heavy atom. The molecule has 0 radical (unpaired) electrons. The summed E-state index contributed by atoms with van der Waals surface area (Å²) in [5.74, 6) is 0.615. The molecule has 132 valence electrons. The number of hydrogen-bond donors (Lipinski definition) is 1. The Hall–Kier alpha value is -3.51. The number of halogens is 1. The maximum atomic E-state index is 11.0. The molecule has 0 amide bonds. The van der Waals surface area contributed by atoms with Gasteiger partial charge in [-0.05, 0) is 17.5 Å². The third-order valence-corrected chi connectivity index (χ3v) is 4.48. The van der Waals surface area contributed by atoms with Crippen LogP contribution in [0.15, 0.2) is 71.8 Å². The van der Waals surface area contributed by atoms with Crippen LogP contribution in [0.25, 0.3) is 21.7 Å². The van der Waals surface area contributed by atoms with Crippen molar-refractivity contribution in [1.29, 1.82) is 0 Å². The molecule has 1 heterocycles. The van der Waals surface area contributed by atoms with Crippen LogP contribution >= 0.6 is 11.6 Å². The van der Waals surface area contributed by atoms with Crippen molar-refractivity contribution in [1.82, 2.24) is 4.98 Å². The lowest BCUT2D eigenvalue weighted by atomic mass is 10.1. The first-order valence-corrected chi connectivity index (χ1v) is 8.52. The van der Waals surface area contributed by atoms with Gasteiger partial charge in [-0.3, -0.25) is 15.5 Å². The van der Waals surface area contributed by atoms with Crippen LogP contribution < -0.4 is 5.43 Å². The summed E-state index contributed by atoms with van der Waals surface area (Å²) in [5, 5.41) is 18.4. The minimum atomic E-state index is -0.522. The average molecular weight is 377 g/mol. The van der Waals surface area contributed by atoms with Crippen LogP contribution in [0.5, 0.6) is 0 Å². The van der Waals surface area contributed by atoms with Gasteiger partial charge in [0.1, 0.15) is 5.02 Å². The smallest absolute Gasteiger partial charge is 0.261 e. The largest absolute Gasteiger partial charge is 0.288 e. The van der Waals surface area contributed by atoms with Gasteiger partial charge in [-0.15, -0.1) is 0 Å². The van der Waals surface area contributed by atoms with Crippen LogP contribution in [0, 0.1) is 10.1 Å². The zero-order valence-electron chi connectivity index (χ0n) is 14.0. The van der Waals surface area contributed by atoms with E-state index in [9.17, 15) is 10.1 Å². The second-order valence-electron chi connectivity index (χ2n) is 5.86. The number of hydrazone groups is 1. The van der Waals surface area contributed by atoms with Gasteiger partial charge < -0.3 is 0 Å². The minimum absolute atomic E-state index is 0.0901. The first-order valence-electron chi connectivity index (χ1n) is 8.14. The number of nitrogens with zero attached hydrogens (tertiary/aromatic N) is 3. The molecule has 4 rings (SSSR count). The summed E-state index contributed by atoms with van der Waals surface area (Å²) in [6, 6.07) is 20.3. The zero-order valence-corrected chi connectivity index (χ0v) is 14.7. The Morgan fingerprint density at radius 3 is 2.48 bits per heavy atom. The molecule has 0 bridgehead atoms. The molecule has 0 atom stereocenters. The number of pyridine rings is 1. The van der Waals surface area contributed by atoms with Crippen molar-refractivity contribution in [2.75, 3.05) is 5.43 Å². The molecule has 0 aliphatic carbocycles. The lowest BCUT2D eigenvalue weighted by molar-refractivity contribution is -0.384. The van der Waals surface area contributed by atoms with Gasteiger partial charge in [0.2, 0.25) is 0 Å². The van der Waals surface area contributed by atoms with Crippen molar-refractivity contribution in [2.45, 2.75) is 0 Å². The van der Waals surface area contributed by atoms with Crippen molar-refractivity contribution >= 4 is 51.0 Å². The average Bonchev–Trinajstić information content (AvgIpc) is 2.69. The van der Waals surface area contributed by atoms with Crippen molar-refractivity contribution in [3.05, 3.63) is 87.4 Å². The Morgan fingerprint density at radius 2 is 1.70 bits per heavy atom. The van der Waals surface area contributed by atoms with Gasteiger partial charge in [-0.25, -0.2) is 4.98 Å². The molecule has 0 saturated carbocycles. The van der Waals surface area contributed by atoms with Gasteiger partial charge in [-0.1, -0.05) is 60.1 Å². The maximum absolute atomic E-state index is 11.0. The maximum Gasteiger partial charge on any atom is 0.288 e. The molecule has 7 heteroatoms. The number of para-hydroxylation sites is 1.